The van der Waals surface area contributed by atoms with Gasteiger partial charge in [-0.15, -0.1) is 0 Å². The zero-order chi connectivity index (χ0) is 20.9. The number of carbonyl (C=O) groups excluding carboxylic acids is 1. The fraction of sp³-hybridized carbons (Fsp3) is 0.667. The van der Waals surface area contributed by atoms with Crippen LogP contribution in [0, 0.1) is 0 Å². The summed E-state index contributed by atoms with van der Waals surface area (Å²) in [6, 6.07) is 6.18. The van der Waals surface area contributed by atoms with Crippen LogP contribution in [0.5, 0.6) is 0 Å². The molecule has 0 radical (unpaired) electrons. The molecule has 0 aliphatic carbocycles. The van der Waals surface area contributed by atoms with Gasteiger partial charge in [-0.2, -0.15) is 0 Å². The van der Waals surface area contributed by atoms with Gasteiger partial charge in [-0.25, -0.2) is 13.1 Å². The Hall–Kier alpha value is -1.48. The van der Waals surface area contributed by atoms with E-state index in [1.165, 1.54) is 31.4 Å². The molecule has 0 spiro atoms. The van der Waals surface area contributed by atoms with Crippen LogP contribution in [0.25, 0.3) is 0 Å². The Morgan fingerprint density at radius 3 is 2.66 bits per heavy atom. The molecule has 2 saturated heterocycles. The summed E-state index contributed by atoms with van der Waals surface area (Å²) in [6.45, 7) is 7.81. The first-order chi connectivity index (χ1) is 13.8. The van der Waals surface area contributed by atoms with Gasteiger partial charge >= 0.3 is 0 Å². The topological polar surface area (TPSA) is 87.7 Å². The van der Waals surface area contributed by atoms with Crippen molar-refractivity contribution in [1.29, 1.82) is 0 Å². The van der Waals surface area contributed by atoms with Crippen LogP contribution in [0.15, 0.2) is 29.2 Å². The first-order valence-corrected chi connectivity index (χ1v) is 12.0. The molecule has 1 aromatic carbocycles. The molecule has 3 rings (SSSR count). The maximum absolute atomic E-state index is 12.7. The fourth-order valence-electron chi connectivity index (χ4n) is 3.91. The summed E-state index contributed by atoms with van der Waals surface area (Å²) in [7, 11) is -3.68. The molecule has 2 N–H and O–H groups in total. The van der Waals surface area contributed by atoms with E-state index in [1.807, 2.05) is 0 Å². The molecular formula is C21H33N3O4S. The van der Waals surface area contributed by atoms with Crippen LogP contribution in [-0.2, 0) is 14.8 Å². The largest absolute Gasteiger partial charge is 0.377 e. The molecule has 2 fully saturated rings. The first kappa shape index (κ1) is 22.2. The van der Waals surface area contributed by atoms with Gasteiger partial charge in [-0.3, -0.25) is 9.69 Å². The van der Waals surface area contributed by atoms with Gasteiger partial charge in [-0.05, 0) is 70.8 Å². The molecule has 0 saturated carbocycles. The molecule has 162 valence electrons. The maximum atomic E-state index is 12.7. The molecule has 2 aliphatic rings. The van der Waals surface area contributed by atoms with Crippen LogP contribution in [0.3, 0.4) is 0 Å². The molecule has 1 amide bonds. The molecule has 8 heteroatoms. The average Bonchev–Trinajstić information content (AvgIpc) is 3.25. The number of benzene rings is 1. The lowest BCUT2D eigenvalue weighted by Gasteiger charge is -2.41. The summed E-state index contributed by atoms with van der Waals surface area (Å²) in [4.78, 5) is 15.2. The zero-order valence-corrected chi connectivity index (χ0v) is 18.3. The number of piperidine rings is 1. The third-order valence-electron chi connectivity index (χ3n) is 5.83. The summed E-state index contributed by atoms with van der Waals surface area (Å²) < 4.78 is 33.2. The summed E-state index contributed by atoms with van der Waals surface area (Å²) in [5.41, 5.74) is 0.210. The van der Waals surface area contributed by atoms with E-state index in [-0.39, 0.29) is 29.0 Å². The summed E-state index contributed by atoms with van der Waals surface area (Å²) in [5.74, 6) is -0.258. The van der Waals surface area contributed by atoms with Gasteiger partial charge in [0.1, 0.15) is 0 Å². The van der Waals surface area contributed by atoms with Crippen LogP contribution in [0.4, 0.5) is 0 Å². The van der Waals surface area contributed by atoms with E-state index in [0.29, 0.717) is 18.7 Å². The van der Waals surface area contributed by atoms with Crippen molar-refractivity contribution in [2.24, 2.45) is 0 Å². The Bertz CT molecular complexity index is 798. The van der Waals surface area contributed by atoms with Crippen molar-refractivity contribution in [2.45, 2.75) is 62.5 Å². The average molecular weight is 424 g/mol. The van der Waals surface area contributed by atoms with Crippen molar-refractivity contribution in [3.05, 3.63) is 29.8 Å². The van der Waals surface area contributed by atoms with Gasteiger partial charge < -0.3 is 10.1 Å². The number of hydrogen-bond acceptors (Lipinski definition) is 5. The molecule has 0 aromatic heterocycles. The molecule has 1 aromatic rings. The number of sulfonamides is 1. The number of hydrogen-bond donors (Lipinski definition) is 2. The smallest absolute Gasteiger partial charge is 0.251 e. The van der Waals surface area contributed by atoms with Crippen molar-refractivity contribution in [3.63, 3.8) is 0 Å². The van der Waals surface area contributed by atoms with Crippen molar-refractivity contribution in [3.8, 4) is 0 Å². The summed E-state index contributed by atoms with van der Waals surface area (Å²) >= 11 is 0. The van der Waals surface area contributed by atoms with E-state index in [0.717, 1.165) is 25.9 Å². The van der Waals surface area contributed by atoms with Gasteiger partial charge in [0.15, 0.2) is 0 Å². The van der Waals surface area contributed by atoms with Gasteiger partial charge in [-0.1, -0.05) is 12.5 Å². The van der Waals surface area contributed by atoms with Crippen LogP contribution in [0.2, 0.25) is 0 Å². The molecule has 7 nitrogen and oxygen atoms in total. The van der Waals surface area contributed by atoms with Crippen molar-refractivity contribution < 1.29 is 17.9 Å². The lowest BCUT2D eigenvalue weighted by molar-refractivity contribution is 0.0797. The van der Waals surface area contributed by atoms with Crippen molar-refractivity contribution in [2.75, 3.05) is 32.8 Å². The highest BCUT2D eigenvalue weighted by Crippen LogP contribution is 2.20. The Kier molecular flexibility index (Phi) is 7.32. The van der Waals surface area contributed by atoms with Crippen LogP contribution in [0.1, 0.15) is 56.3 Å². The van der Waals surface area contributed by atoms with Crippen LogP contribution < -0.4 is 10.0 Å². The first-order valence-electron chi connectivity index (χ1n) is 10.5. The van der Waals surface area contributed by atoms with E-state index in [2.05, 4.69) is 28.8 Å². The van der Waals surface area contributed by atoms with E-state index in [1.54, 1.807) is 12.1 Å². The second-order valence-electron chi connectivity index (χ2n) is 8.56. The van der Waals surface area contributed by atoms with Crippen molar-refractivity contribution >= 4 is 15.9 Å². The predicted molar refractivity (Wildman–Crippen MR) is 112 cm³/mol. The monoisotopic (exact) mass is 423 g/mol. The molecule has 29 heavy (non-hydrogen) atoms. The highest BCUT2D eigenvalue weighted by Gasteiger charge is 2.28. The van der Waals surface area contributed by atoms with Gasteiger partial charge in [0.2, 0.25) is 10.0 Å². The number of rotatable bonds is 8. The Morgan fingerprint density at radius 2 is 1.97 bits per heavy atom. The van der Waals surface area contributed by atoms with E-state index in [9.17, 15) is 13.2 Å². The standard InChI is InChI=1S/C21H33N3O4S/c1-21(2,24-11-4-3-5-12-24)16-22-20(25)17-8-6-10-19(14-17)29(26,27)23-15-18-9-7-13-28-18/h6,8,10,14,18,23H,3-5,7,9,11-13,15-16H2,1-2H3,(H,22,25). The maximum Gasteiger partial charge on any atom is 0.251 e. The number of nitrogens with one attached hydrogen (secondary N) is 2. The Balaban J connectivity index is 1.59. The molecule has 2 heterocycles. The van der Waals surface area contributed by atoms with Gasteiger partial charge in [0, 0.05) is 30.8 Å². The number of amides is 1. The molecule has 2 aliphatic heterocycles. The van der Waals surface area contributed by atoms with Crippen LogP contribution >= 0.6 is 0 Å². The predicted octanol–water partition coefficient (Wildman–Crippen LogP) is 2.14. The third-order valence-corrected chi connectivity index (χ3v) is 7.25. The Morgan fingerprint density at radius 1 is 1.21 bits per heavy atom. The van der Waals surface area contributed by atoms with Gasteiger partial charge in [0.25, 0.3) is 5.91 Å². The molecule has 1 unspecified atom stereocenters. The minimum absolute atomic E-state index is 0.0757. The Labute approximate surface area is 174 Å². The van der Waals surface area contributed by atoms with E-state index >= 15 is 0 Å². The molecular weight excluding hydrogens is 390 g/mol. The van der Waals surface area contributed by atoms with E-state index in [4.69, 9.17) is 4.74 Å². The SMILES string of the molecule is CC(C)(CNC(=O)c1cccc(S(=O)(=O)NCC2CCCO2)c1)N1CCCCC1. The lowest BCUT2D eigenvalue weighted by Crippen LogP contribution is -2.53. The second-order valence-corrected chi connectivity index (χ2v) is 10.3. The number of ether oxygens (including phenoxy) is 1. The number of nitrogens with zero attached hydrogens (tertiary/aromatic N) is 1. The number of carbonyl (C=O) groups is 1. The summed E-state index contributed by atoms with van der Waals surface area (Å²) in [5, 5.41) is 2.98. The molecule has 1 atom stereocenters. The fourth-order valence-corrected chi connectivity index (χ4v) is 5.02. The van der Waals surface area contributed by atoms with Gasteiger partial charge in [0.05, 0.1) is 11.0 Å². The second kappa shape index (κ2) is 9.55. The van der Waals surface area contributed by atoms with Crippen LogP contribution in [-0.4, -0.2) is 63.7 Å². The summed E-state index contributed by atoms with van der Waals surface area (Å²) in [6.07, 6.45) is 5.38. The molecule has 0 bridgehead atoms. The lowest BCUT2D eigenvalue weighted by atomic mass is 9.98. The van der Waals surface area contributed by atoms with Crippen molar-refractivity contribution in [1.82, 2.24) is 14.9 Å². The highest BCUT2D eigenvalue weighted by atomic mass is 32.2. The third kappa shape index (κ3) is 6.01. The minimum Gasteiger partial charge on any atom is -0.377 e. The highest BCUT2D eigenvalue weighted by molar-refractivity contribution is 7.89. The normalized spacial score (nSPS) is 21.2. The zero-order valence-electron chi connectivity index (χ0n) is 17.4. The van der Waals surface area contributed by atoms with E-state index < -0.39 is 10.0 Å². The quantitative estimate of drug-likeness (QED) is 0.669. The minimum atomic E-state index is -3.68. The number of likely N-dealkylation sites (tertiary alicyclic amines) is 1.